The van der Waals surface area contributed by atoms with E-state index in [9.17, 15) is 16.8 Å². The fourth-order valence-corrected chi connectivity index (χ4v) is 4.97. The van der Waals surface area contributed by atoms with Gasteiger partial charge in [0, 0.05) is 19.7 Å². The zero-order valence-corrected chi connectivity index (χ0v) is 17.2. The summed E-state index contributed by atoms with van der Waals surface area (Å²) in [4.78, 5) is 0.227. The number of nitrogens with zero attached hydrogens (tertiary/aromatic N) is 1. The second-order valence-electron chi connectivity index (χ2n) is 6.68. The van der Waals surface area contributed by atoms with E-state index >= 15 is 0 Å². The minimum absolute atomic E-state index is 0.133. The Morgan fingerprint density at radius 1 is 1.04 bits per heavy atom. The van der Waals surface area contributed by atoms with E-state index in [0.29, 0.717) is 6.61 Å². The first-order valence-electron chi connectivity index (χ1n) is 8.89. The summed E-state index contributed by atoms with van der Waals surface area (Å²) < 4.78 is 60.6. The molecule has 0 unspecified atom stereocenters. The van der Waals surface area contributed by atoms with Gasteiger partial charge in [-0.3, -0.25) is 0 Å². The first-order chi connectivity index (χ1) is 13.2. The fraction of sp³-hybridized carbons (Fsp3) is 0.368. The Hall–Kier alpha value is -1.94. The van der Waals surface area contributed by atoms with Gasteiger partial charge in [-0.25, -0.2) is 8.42 Å². The van der Waals surface area contributed by atoms with Crippen LogP contribution in [0.3, 0.4) is 0 Å². The Morgan fingerprint density at radius 3 is 2.29 bits per heavy atom. The SMILES string of the molecule is CS(=O)(=O)Oc1ccc(CN(C[C@H]2CCCO2)S(=O)(=O)c2ccccc2)cc1. The lowest BCUT2D eigenvalue weighted by Crippen LogP contribution is -2.36. The summed E-state index contributed by atoms with van der Waals surface area (Å²) in [5.41, 5.74) is 0.721. The van der Waals surface area contributed by atoms with Crippen LogP contribution in [0.15, 0.2) is 59.5 Å². The van der Waals surface area contributed by atoms with E-state index in [2.05, 4.69) is 0 Å². The topological polar surface area (TPSA) is 90.0 Å². The fourth-order valence-electron chi connectivity index (χ4n) is 3.03. The number of rotatable bonds is 8. The number of hydrogen-bond acceptors (Lipinski definition) is 6. The van der Waals surface area contributed by atoms with Gasteiger partial charge in [-0.15, -0.1) is 0 Å². The Kier molecular flexibility index (Phi) is 6.39. The molecule has 1 heterocycles. The quantitative estimate of drug-likeness (QED) is 0.603. The molecular formula is C19H23NO6S2. The maximum Gasteiger partial charge on any atom is 0.306 e. The van der Waals surface area contributed by atoms with Gasteiger partial charge in [0.15, 0.2) is 0 Å². The minimum Gasteiger partial charge on any atom is -0.383 e. The van der Waals surface area contributed by atoms with Crippen molar-refractivity contribution in [1.29, 1.82) is 0 Å². The molecule has 0 bridgehead atoms. The van der Waals surface area contributed by atoms with Crippen molar-refractivity contribution in [2.45, 2.75) is 30.4 Å². The molecule has 1 fully saturated rings. The van der Waals surface area contributed by atoms with Crippen LogP contribution in [0.4, 0.5) is 0 Å². The first-order valence-corrected chi connectivity index (χ1v) is 12.1. The van der Waals surface area contributed by atoms with E-state index < -0.39 is 20.1 Å². The van der Waals surface area contributed by atoms with Crippen molar-refractivity contribution in [3.8, 4) is 5.75 Å². The monoisotopic (exact) mass is 425 g/mol. The van der Waals surface area contributed by atoms with Crippen LogP contribution in [0.25, 0.3) is 0 Å². The molecule has 2 aromatic rings. The Bertz CT molecular complexity index is 982. The second kappa shape index (κ2) is 8.60. The van der Waals surface area contributed by atoms with Gasteiger partial charge in [0.05, 0.1) is 17.3 Å². The Balaban J connectivity index is 1.83. The summed E-state index contributed by atoms with van der Waals surface area (Å²) >= 11 is 0. The van der Waals surface area contributed by atoms with Crippen molar-refractivity contribution in [1.82, 2.24) is 4.31 Å². The molecule has 28 heavy (non-hydrogen) atoms. The summed E-state index contributed by atoms with van der Waals surface area (Å²) in [5.74, 6) is 0.183. The summed E-state index contributed by atoms with van der Waals surface area (Å²) in [7, 11) is -7.31. The molecule has 7 nitrogen and oxygen atoms in total. The third-order valence-corrected chi connectivity index (χ3v) is 6.66. The highest BCUT2D eigenvalue weighted by molar-refractivity contribution is 7.89. The molecule has 2 aromatic carbocycles. The van der Waals surface area contributed by atoms with Gasteiger partial charge >= 0.3 is 10.1 Å². The first kappa shape index (κ1) is 20.8. The van der Waals surface area contributed by atoms with E-state index in [1.54, 1.807) is 42.5 Å². The highest BCUT2D eigenvalue weighted by Crippen LogP contribution is 2.23. The van der Waals surface area contributed by atoms with Crippen molar-refractivity contribution in [3.63, 3.8) is 0 Å². The van der Waals surface area contributed by atoms with Gasteiger partial charge in [0.2, 0.25) is 10.0 Å². The van der Waals surface area contributed by atoms with Crippen LogP contribution in [-0.4, -0.2) is 46.7 Å². The summed E-state index contributed by atoms with van der Waals surface area (Å²) in [6, 6.07) is 14.6. The van der Waals surface area contributed by atoms with Crippen LogP contribution < -0.4 is 4.18 Å². The van der Waals surface area contributed by atoms with E-state index in [0.717, 1.165) is 24.7 Å². The van der Waals surface area contributed by atoms with Gasteiger partial charge in [0.25, 0.3) is 0 Å². The van der Waals surface area contributed by atoms with E-state index in [4.69, 9.17) is 8.92 Å². The summed E-state index contributed by atoms with van der Waals surface area (Å²) in [6.45, 7) is 1.05. The lowest BCUT2D eigenvalue weighted by atomic mass is 10.2. The van der Waals surface area contributed by atoms with Crippen molar-refractivity contribution in [2.24, 2.45) is 0 Å². The van der Waals surface area contributed by atoms with Crippen LogP contribution in [0.2, 0.25) is 0 Å². The maximum absolute atomic E-state index is 13.1. The van der Waals surface area contributed by atoms with Gasteiger partial charge < -0.3 is 8.92 Å². The molecule has 0 N–H and O–H groups in total. The Morgan fingerprint density at radius 2 is 1.71 bits per heavy atom. The molecule has 0 saturated carbocycles. The molecule has 1 aliphatic rings. The highest BCUT2D eigenvalue weighted by Gasteiger charge is 2.29. The number of sulfonamides is 1. The largest absolute Gasteiger partial charge is 0.383 e. The second-order valence-corrected chi connectivity index (χ2v) is 10.2. The van der Waals surface area contributed by atoms with Gasteiger partial charge in [0.1, 0.15) is 5.75 Å². The number of hydrogen-bond donors (Lipinski definition) is 0. The normalized spacial score (nSPS) is 17.7. The third kappa shape index (κ3) is 5.54. The summed E-state index contributed by atoms with van der Waals surface area (Å²) in [5, 5.41) is 0. The lowest BCUT2D eigenvalue weighted by Gasteiger charge is -2.25. The molecule has 0 spiro atoms. The smallest absolute Gasteiger partial charge is 0.306 e. The molecule has 9 heteroatoms. The van der Waals surface area contributed by atoms with E-state index in [1.165, 1.54) is 16.4 Å². The van der Waals surface area contributed by atoms with E-state index in [-0.39, 0.29) is 29.8 Å². The van der Waals surface area contributed by atoms with Crippen molar-refractivity contribution in [2.75, 3.05) is 19.4 Å². The van der Waals surface area contributed by atoms with Crippen LogP contribution in [0.1, 0.15) is 18.4 Å². The maximum atomic E-state index is 13.1. The van der Waals surface area contributed by atoms with Gasteiger partial charge in [-0.05, 0) is 42.7 Å². The zero-order valence-electron chi connectivity index (χ0n) is 15.5. The minimum atomic E-state index is -3.70. The number of benzene rings is 2. The van der Waals surface area contributed by atoms with Crippen molar-refractivity contribution < 1.29 is 25.8 Å². The summed E-state index contributed by atoms with van der Waals surface area (Å²) in [6.07, 6.45) is 2.58. The molecule has 0 aliphatic carbocycles. The van der Waals surface area contributed by atoms with E-state index in [1.807, 2.05) is 0 Å². The molecule has 1 atom stereocenters. The third-order valence-electron chi connectivity index (χ3n) is 4.34. The predicted octanol–water partition coefficient (Wildman–Crippen LogP) is 2.39. The zero-order chi connectivity index (χ0) is 20.2. The number of ether oxygens (including phenoxy) is 1. The van der Waals surface area contributed by atoms with Crippen LogP contribution in [0, 0.1) is 0 Å². The molecule has 0 aromatic heterocycles. The standard InChI is InChI=1S/C19H23NO6S2/c1-27(21,22)26-17-11-9-16(10-12-17)14-20(15-18-6-5-13-25-18)28(23,24)19-7-3-2-4-8-19/h2-4,7-12,18H,5-6,13-15H2,1H3/t18-/m1/s1. The van der Waals surface area contributed by atoms with Crippen LogP contribution in [-0.2, 0) is 31.4 Å². The molecule has 0 amide bonds. The average Bonchev–Trinajstić information content (AvgIpc) is 3.15. The predicted molar refractivity (Wildman–Crippen MR) is 105 cm³/mol. The van der Waals surface area contributed by atoms with Crippen molar-refractivity contribution >= 4 is 20.1 Å². The average molecular weight is 426 g/mol. The van der Waals surface area contributed by atoms with Gasteiger partial charge in [-0.2, -0.15) is 12.7 Å². The Labute approximate surface area is 166 Å². The van der Waals surface area contributed by atoms with Gasteiger partial charge in [-0.1, -0.05) is 30.3 Å². The molecule has 1 aliphatic heterocycles. The van der Waals surface area contributed by atoms with Crippen LogP contribution >= 0.6 is 0 Å². The van der Waals surface area contributed by atoms with Crippen molar-refractivity contribution in [3.05, 3.63) is 60.2 Å². The molecule has 0 radical (unpaired) electrons. The highest BCUT2D eigenvalue weighted by atomic mass is 32.2. The molecule has 152 valence electrons. The van der Waals surface area contributed by atoms with Crippen LogP contribution in [0.5, 0.6) is 5.75 Å². The molecule has 1 saturated heterocycles. The molecule has 3 rings (SSSR count). The molecular weight excluding hydrogens is 402 g/mol. The lowest BCUT2D eigenvalue weighted by molar-refractivity contribution is 0.0926.